The lowest BCUT2D eigenvalue weighted by Crippen LogP contribution is -2.27. The fourth-order valence-corrected chi connectivity index (χ4v) is 3.83. The van der Waals surface area contributed by atoms with Gasteiger partial charge in [-0.2, -0.15) is 5.10 Å². The van der Waals surface area contributed by atoms with Crippen molar-refractivity contribution in [3.8, 4) is 11.5 Å². The van der Waals surface area contributed by atoms with E-state index in [9.17, 15) is 9.59 Å². The third kappa shape index (κ3) is 4.69. The molecule has 0 aliphatic heterocycles. The third-order valence-corrected chi connectivity index (χ3v) is 5.32. The van der Waals surface area contributed by atoms with Crippen molar-refractivity contribution in [2.45, 2.75) is 46.6 Å². The van der Waals surface area contributed by atoms with E-state index in [0.717, 1.165) is 15.3 Å². The van der Waals surface area contributed by atoms with Gasteiger partial charge < -0.3 is 5.32 Å². The van der Waals surface area contributed by atoms with Crippen molar-refractivity contribution >= 4 is 23.0 Å². The van der Waals surface area contributed by atoms with Crippen LogP contribution < -0.4 is 5.32 Å². The molecule has 3 heterocycles. The van der Waals surface area contributed by atoms with E-state index in [1.807, 2.05) is 45.9 Å². The first-order valence-corrected chi connectivity index (χ1v) is 9.90. The fourth-order valence-electron chi connectivity index (χ4n) is 2.89. The Bertz CT molecular complexity index is 1010. The zero-order valence-corrected chi connectivity index (χ0v) is 17.2. The van der Waals surface area contributed by atoms with Gasteiger partial charge in [0.25, 0.3) is 0 Å². The summed E-state index contributed by atoms with van der Waals surface area (Å²) in [6.45, 7) is 7.69. The summed E-state index contributed by atoms with van der Waals surface area (Å²) in [4.78, 5) is 35.3. The molecule has 1 amide bonds. The maximum absolute atomic E-state index is 12.3. The molecule has 0 fully saturated rings. The average molecular weight is 398 g/mol. The number of hydrogen-bond donors (Lipinski definition) is 2. The van der Waals surface area contributed by atoms with Crippen LogP contribution in [0, 0.1) is 20.8 Å². The van der Waals surface area contributed by atoms with Gasteiger partial charge in [-0.15, -0.1) is 11.3 Å². The second-order valence-electron chi connectivity index (χ2n) is 6.80. The lowest BCUT2D eigenvalue weighted by Gasteiger charge is -2.10. The van der Waals surface area contributed by atoms with Crippen LogP contribution in [0.3, 0.4) is 0 Å². The quantitative estimate of drug-likeness (QED) is 0.592. The van der Waals surface area contributed by atoms with Crippen LogP contribution in [0.4, 0.5) is 0 Å². The molecule has 146 valence electrons. The summed E-state index contributed by atoms with van der Waals surface area (Å²) in [6.07, 6.45) is 2.03. The maximum Gasteiger partial charge on any atom is 0.221 e. The molecule has 8 heteroatoms. The number of ketones is 1. The highest BCUT2D eigenvalue weighted by atomic mass is 32.1. The smallest absolute Gasteiger partial charge is 0.221 e. The van der Waals surface area contributed by atoms with Gasteiger partial charge in [0, 0.05) is 34.4 Å². The van der Waals surface area contributed by atoms with Crippen LogP contribution in [0.15, 0.2) is 24.4 Å². The van der Waals surface area contributed by atoms with Gasteiger partial charge in [0.2, 0.25) is 5.91 Å². The van der Waals surface area contributed by atoms with Crippen molar-refractivity contribution in [3.05, 3.63) is 51.1 Å². The number of nitrogens with zero attached hydrogens (tertiary/aromatic N) is 3. The molecule has 3 rings (SSSR count). The minimum atomic E-state index is -0.348. The van der Waals surface area contributed by atoms with Crippen molar-refractivity contribution in [2.24, 2.45) is 0 Å². The Labute approximate surface area is 167 Å². The maximum atomic E-state index is 12.3. The molecular weight excluding hydrogens is 374 g/mol. The van der Waals surface area contributed by atoms with Crippen LogP contribution in [0.5, 0.6) is 0 Å². The second kappa shape index (κ2) is 8.43. The first-order valence-electron chi connectivity index (χ1n) is 9.08. The largest absolute Gasteiger partial charge is 0.346 e. The van der Waals surface area contributed by atoms with E-state index in [1.54, 1.807) is 17.5 Å². The zero-order chi connectivity index (χ0) is 20.3. The predicted molar refractivity (Wildman–Crippen MR) is 108 cm³/mol. The summed E-state index contributed by atoms with van der Waals surface area (Å²) >= 11 is 1.60. The number of carbonyl (C=O) groups is 2. The molecule has 1 unspecified atom stereocenters. The molecule has 0 aromatic carbocycles. The summed E-state index contributed by atoms with van der Waals surface area (Å²) in [5, 5.41) is 9.88. The minimum Gasteiger partial charge on any atom is -0.346 e. The summed E-state index contributed by atoms with van der Waals surface area (Å²) in [6, 6.07) is 5.34. The number of aryl methyl sites for hydroxylation is 3. The molecule has 3 aromatic rings. The van der Waals surface area contributed by atoms with E-state index in [1.165, 1.54) is 0 Å². The standard InChI is InChI=1S/C20H23N5O2S/c1-11-7-8-21-16(9-11)20-23-19(24-25-20)13(3)22-18(27)6-5-17(26)15-10-12(2)28-14(15)4/h7-10,13H,5-6H2,1-4H3,(H,22,27)(H,23,24,25). The molecule has 2 N–H and O–H groups in total. The van der Waals surface area contributed by atoms with Crippen molar-refractivity contribution < 1.29 is 9.59 Å². The topological polar surface area (TPSA) is 101 Å². The Morgan fingerprint density at radius 2 is 2.00 bits per heavy atom. The normalized spacial score (nSPS) is 12.0. The van der Waals surface area contributed by atoms with Crippen molar-refractivity contribution in [1.82, 2.24) is 25.5 Å². The average Bonchev–Trinajstić information content (AvgIpc) is 3.26. The minimum absolute atomic E-state index is 0.00266. The number of amides is 1. The summed E-state index contributed by atoms with van der Waals surface area (Å²) in [5.74, 6) is 0.828. The fraction of sp³-hybridized carbons (Fsp3) is 0.350. The molecule has 28 heavy (non-hydrogen) atoms. The van der Waals surface area contributed by atoms with E-state index in [0.29, 0.717) is 22.9 Å². The number of Topliss-reactive ketones (excluding diaryl/α,β-unsaturated/α-hetero) is 1. The molecular formula is C20H23N5O2S. The van der Waals surface area contributed by atoms with Gasteiger partial charge in [-0.25, -0.2) is 4.98 Å². The SMILES string of the molecule is Cc1ccnc(-c2n[nH]c(C(C)NC(=O)CCC(=O)c3cc(C)sc3C)n2)c1. The summed E-state index contributed by atoms with van der Waals surface area (Å²) < 4.78 is 0. The van der Waals surface area contributed by atoms with E-state index in [2.05, 4.69) is 25.5 Å². The number of aromatic nitrogens is 4. The Morgan fingerprint density at radius 1 is 1.21 bits per heavy atom. The molecule has 1 atom stereocenters. The molecule has 7 nitrogen and oxygen atoms in total. The number of aromatic amines is 1. The highest BCUT2D eigenvalue weighted by Gasteiger charge is 2.17. The third-order valence-electron chi connectivity index (χ3n) is 4.36. The van der Waals surface area contributed by atoms with Crippen molar-refractivity contribution in [1.29, 1.82) is 0 Å². The molecule has 0 aliphatic rings. The molecule has 3 aromatic heterocycles. The van der Waals surface area contributed by atoms with E-state index in [4.69, 9.17) is 0 Å². The van der Waals surface area contributed by atoms with E-state index >= 15 is 0 Å². The van der Waals surface area contributed by atoms with Crippen LogP contribution in [0.1, 0.15) is 57.3 Å². The number of pyridine rings is 1. The molecule has 0 aliphatic carbocycles. The molecule has 0 bridgehead atoms. The van der Waals surface area contributed by atoms with Crippen LogP contribution in [-0.2, 0) is 4.79 Å². The van der Waals surface area contributed by atoms with Crippen LogP contribution in [0.25, 0.3) is 11.5 Å². The Balaban J connectivity index is 1.56. The molecule has 0 radical (unpaired) electrons. The Hall–Kier alpha value is -2.87. The predicted octanol–water partition coefficient (Wildman–Crippen LogP) is 3.69. The first kappa shape index (κ1) is 19.9. The first-order chi connectivity index (χ1) is 13.3. The van der Waals surface area contributed by atoms with Gasteiger partial charge in [-0.05, 0) is 51.5 Å². The summed E-state index contributed by atoms with van der Waals surface area (Å²) in [5.41, 5.74) is 2.46. The zero-order valence-electron chi connectivity index (χ0n) is 16.4. The van der Waals surface area contributed by atoms with E-state index < -0.39 is 0 Å². The highest BCUT2D eigenvalue weighted by molar-refractivity contribution is 7.12. The Kier molecular flexibility index (Phi) is 5.99. The van der Waals surface area contributed by atoms with Crippen molar-refractivity contribution in [2.75, 3.05) is 0 Å². The Morgan fingerprint density at radius 3 is 2.68 bits per heavy atom. The van der Waals surface area contributed by atoms with Crippen LogP contribution in [-0.4, -0.2) is 31.9 Å². The van der Waals surface area contributed by atoms with Gasteiger partial charge in [0.05, 0.1) is 6.04 Å². The lowest BCUT2D eigenvalue weighted by molar-refractivity contribution is -0.121. The molecule has 0 saturated carbocycles. The molecule has 0 spiro atoms. The van der Waals surface area contributed by atoms with E-state index in [-0.39, 0.29) is 30.6 Å². The van der Waals surface area contributed by atoms with Gasteiger partial charge in [-0.1, -0.05) is 0 Å². The molecule has 0 saturated heterocycles. The summed E-state index contributed by atoms with van der Waals surface area (Å²) in [7, 11) is 0. The van der Waals surface area contributed by atoms with Gasteiger partial charge in [0.1, 0.15) is 11.5 Å². The number of carbonyl (C=O) groups excluding carboxylic acids is 2. The number of hydrogen-bond acceptors (Lipinski definition) is 6. The van der Waals surface area contributed by atoms with Gasteiger partial charge in [0.15, 0.2) is 11.6 Å². The highest BCUT2D eigenvalue weighted by Crippen LogP contribution is 2.22. The van der Waals surface area contributed by atoms with Gasteiger partial charge >= 0.3 is 0 Å². The number of nitrogens with one attached hydrogen (secondary N) is 2. The van der Waals surface area contributed by atoms with Crippen LogP contribution >= 0.6 is 11.3 Å². The van der Waals surface area contributed by atoms with Gasteiger partial charge in [-0.3, -0.25) is 19.7 Å². The monoisotopic (exact) mass is 397 g/mol. The number of H-pyrrole nitrogens is 1. The van der Waals surface area contributed by atoms with Crippen molar-refractivity contribution in [3.63, 3.8) is 0 Å². The number of rotatable bonds is 7. The lowest BCUT2D eigenvalue weighted by atomic mass is 10.1. The second-order valence-corrected chi connectivity index (χ2v) is 8.26. The number of thiophene rings is 1. The van der Waals surface area contributed by atoms with Crippen LogP contribution in [0.2, 0.25) is 0 Å².